The highest BCUT2D eigenvalue weighted by Crippen LogP contribution is 2.17. The van der Waals surface area contributed by atoms with Gasteiger partial charge in [0.2, 0.25) is 11.8 Å². The lowest BCUT2D eigenvalue weighted by molar-refractivity contribution is -0.127. The van der Waals surface area contributed by atoms with Crippen molar-refractivity contribution in [2.45, 2.75) is 32.7 Å². The maximum Gasteiger partial charge on any atom is 0.234 e. The molecule has 1 aromatic rings. The third kappa shape index (κ3) is 6.02. The molecule has 0 unspecified atom stereocenters. The van der Waals surface area contributed by atoms with Gasteiger partial charge in [0.1, 0.15) is 0 Å². The van der Waals surface area contributed by atoms with Gasteiger partial charge in [0.25, 0.3) is 0 Å². The minimum absolute atomic E-state index is 0.0636. The normalized spacial score (nSPS) is 16.0. The predicted molar refractivity (Wildman–Crippen MR) is 90.8 cm³/mol. The molecule has 1 saturated heterocycles. The lowest BCUT2D eigenvalue weighted by atomic mass is 9.96. The molecule has 0 aromatic heterocycles. The Morgan fingerprint density at radius 1 is 1.13 bits per heavy atom. The highest BCUT2D eigenvalue weighted by molar-refractivity contribution is 5.79. The average Bonchev–Trinajstić information content (AvgIpc) is 2.59. The Labute approximate surface area is 138 Å². The summed E-state index contributed by atoms with van der Waals surface area (Å²) >= 11 is 0. The number of nitrogens with one attached hydrogen (secondary N) is 2. The Kier molecular flexibility index (Phi) is 7.07. The van der Waals surface area contributed by atoms with Crippen LogP contribution >= 0.6 is 0 Å². The molecular formula is C18H27N3O2. The van der Waals surface area contributed by atoms with Gasteiger partial charge >= 0.3 is 0 Å². The summed E-state index contributed by atoms with van der Waals surface area (Å²) in [6, 6.07) is 9.94. The number of carbonyl (C=O) groups excluding carboxylic acids is 2. The van der Waals surface area contributed by atoms with Crippen LogP contribution in [0.25, 0.3) is 0 Å². The number of rotatable bonds is 7. The number of hydrogen-bond acceptors (Lipinski definition) is 3. The number of likely N-dealkylation sites (tertiary alicyclic amines) is 1. The number of carbonyl (C=O) groups is 2. The second kappa shape index (κ2) is 9.30. The van der Waals surface area contributed by atoms with Crippen LogP contribution in [0.4, 0.5) is 0 Å². The monoisotopic (exact) mass is 317 g/mol. The van der Waals surface area contributed by atoms with Gasteiger partial charge in [-0.25, -0.2) is 0 Å². The lowest BCUT2D eigenvalue weighted by Crippen LogP contribution is -2.44. The van der Waals surface area contributed by atoms with Gasteiger partial charge in [0.05, 0.1) is 6.54 Å². The summed E-state index contributed by atoms with van der Waals surface area (Å²) in [6.45, 7) is 5.42. The van der Waals surface area contributed by atoms with Crippen LogP contribution < -0.4 is 10.6 Å². The van der Waals surface area contributed by atoms with Gasteiger partial charge in [0, 0.05) is 19.0 Å². The van der Waals surface area contributed by atoms with Crippen molar-refractivity contribution in [3.05, 3.63) is 35.9 Å². The summed E-state index contributed by atoms with van der Waals surface area (Å²) < 4.78 is 0. The lowest BCUT2D eigenvalue weighted by Gasteiger charge is -2.30. The minimum Gasteiger partial charge on any atom is -0.355 e. The standard InChI is InChI=1S/C18H27N3O2/c1-2-10-19-17(22)14-21-11-8-16(9-12-21)18(23)20-13-15-6-4-3-5-7-15/h3-7,16H,2,8-14H2,1H3,(H,19,22)(H,20,23). The van der Waals surface area contributed by atoms with E-state index < -0.39 is 0 Å². The Hall–Kier alpha value is -1.88. The average molecular weight is 317 g/mol. The number of benzene rings is 1. The fraction of sp³-hybridized carbons (Fsp3) is 0.556. The Balaban J connectivity index is 1.67. The van der Waals surface area contributed by atoms with Gasteiger partial charge < -0.3 is 10.6 Å². The molecule has 1 aliphatic heterocycles. The minimum atomic E-state index is 0.0636. The first kappa shape index (κ1) is 17.5. The summed E-state index contributed by atoms with van der Waals surface area (Å²) in [5.41, 5.74) is 1.12. The Morgan fingerprint density at radius 2 is 1.83 bits per heavy atom. The first-order valence-electron chi connectivity index (χ1n) is 8.49. The van der Waals surface area contributed by atoms with Gasteiger partial charge in [-0.1, -0.05) is 37.3 Å². The smallest absolute Gasteiger partial charge is 0.234 e. The molecule has 1 aliphatic rings. The molecule has 0 radical (unpaired) electrons. The van der Waals surface area contributed by atoms with Gasteiger partial charge in [-0.15, -0.1) is 0 Å². The summed E-state index contributed by atoms with van der Waals surface area (Å²) in [4.78, 5) is 26.1. The summed E-state index contributed by atoms with van der Waals surface area (Å²) in [5.74, 6) is 0.274. The molecule has 0 spiro atoms. The van der Waals surface area contributed by atoms with Crippen molar-refractivity contribution in [2.24, 2.45) is 5.92 Å². The first-order chi connectivity index (χ1) is 11.2. The van der Waals surface area contributed by atoms with E-state index in [4.69, 9.17) is 0 Å². The summed E-state index contributed by atoms with van der Waals surface area (Å²) in [5, 5.41) is 5.91. The molecule has 0 bridgehead atoms. The zero-order chi connectivity index (χ0) is 16.5. The molecule has 2 amide bonds. The zero-order valence-electron chi connectivity index (χ0n) is 13.9. The molecular weight excluding hydrogens is 290 g/mol. The number of piperidine rings is 1. The maximum absolute atomic E-state index is 12.2. The van der Waals surface area contributed by atoms with Crippen molar-refractivity contribution >= 4 is 11.8 Å². The van der Waals surface area contributed by atoms with E-state index >= 15 is 0 Å². The van der Waals surface area contributed by atoms with Crippen molar-refractivity contribution in [1.29, 1.82) is 0 Å². The Morgan fingerprint density at radius 3 is 2.48 bits per heavy atom. The van der Waals surface area contributed by atoms with Crippen molar-refractivity contribution in [3.8, 4) is 0 Å². The van der Waals surface area contributed by atoms with Crippen molar-refractivity contribution < 1.29 is 9.59 Å². The van der Waals surface area contributed by atoms with E-state index in [2.05, 4.69) is 15.5 Å². The van der Waals surface area contributed by atoms with Gasteiger partial charge in [0.15, 0.2) is 0 Å². The maximum atomic E-state index is 12.2. The fourth-order valence-electron chi connectivity index (χ4n) is 2.81. The molecule has 23 heavy (non-hydrogen) atoms. The first-order valence-corrected chi connectivity index (χ1v) is 8.49. The van der Waals surface area contributed by atoms with E-state index in [0.29, 0.717) is 13.1 Å². The van der Waals surface area contributed by atoms with E-state index in [9.17, 15) is 9.59 Å². The van der Waals surface area contributed by atoms with Crippen LogP contribution in [0.15, 0.2) is 30.3 Å². The number of hydrogen-bond donors (Lipinski definition) is 2. The van der Waals surface area contributed by atoms with Crippen LogP contribution in [0, 0.1) is 5.92 Å². The van der Waals surface area contributed by atoms with E-state index in [0.717, 1.165) is 44.5 Å². The Bertz CT molecular complexity index is 496. The van der Waals surface area contributed by atoms with Crippen LogP contribution in [-0.2, 0) is 16.1 Å². The van der Waals surface area contributed by atoms with E-state index in [1.54, 1.807) is 0 Å². The molecule has 1 aromatic carbocycles. The highest BCUT2D eigenvalue weighted by Gasteiger charge is 2.25. The van der Waals surface area contributed by atoms with Crippen LogP contribution in [-0.4, -0.2) is 42.9 Å². The number of nitrogens with zero attached hydrogens (tertiary/aromatic N) is 1. The van der Waals surface area contributed by atoms with E-state index in [-0.39, 0.29) is 17.7 Å². The van der Waals surface area contributed by atoms with Gasteiger partial charge in [-0.3, -0.25) is 14.5 Å². The summed E-state index contributed by atoms with van der Waals surface area (Å²) in [6.07, 6.45) is 2.60. The third-order valence-corrected chi connectivity index (χ3v) is 4.21. The van der Waals surface area contributed by atoms with Crippen molar-refractivity contribution in [2.75, 3.05) is 26.2 Å². The molecule has 2 N–H and O–H groups in total. The zero-order valence-corrected chi connectivity index (χ0v) is 13.9. The molecule has 1 fully saturated rings. The molecule has 126 valence electrons. The van der Waals surface area contributed by atoms with Crippen LogP contribution in [0.2, 0.25) is 0 Å². The van der Waals surface area contributed by atoms with Crippen LogP contribution in [0.3, 0.4) is 0 Å². The topological polar surface area (TPSA) is 61.4 Å². The largest absolute Gasteiger partial charge is 0.355 e. The van der Waals surface area contributed by atoms with Crippen LogP contribution in [0.5, 0.6) is 0 Å². The predicted octanol–water partition coefficient (Wildman–Crippen LogP) is 1.54. The highest BCUT2D eigenvalue weighted by atomic mass is 16.2. The second-order valence-electron chi connectivity index (χ2n) is 6.10. The third-order valence-electron chi connectivity index (χ3n) is 4.21. The van der Waals surface area contributed by atoms with E-state index in [1.807, 2.05) is 37.3 Å². The molecule has 1 heterocycles. The molecule has 0 saturated carbocycles. The van der Waals surface area contributed by atoms with Crippen molar-refractivity contribution in [1.82, 2.24) is 15.5 Å². The van der Waals surface area contributed by atoms with Gasteiger partial charge in [-0.05, 0) is 37.9 Å². The molecule has 2 rings (SSSR count). The molecule has 0 atom stereocenters. The fourth-order valence-corrected chi connectivity index (χ4v) is 2.81. The SMILES string of the molecule is CCCNC(=O)CN1CCC(C(=O)NCc2ccccc2)CC1. The second-order valence-corrected chi connectivity index (χ2v) is 6.10. The quantitative estimate of drug-likeness (QED) is 0.802. The van der Waals surface area contributed by atoms with E-state index in [1.165, 1.54) is 0 Å². The number of amides is 2. The molecule has 0 aliphatic carbocycles. The van der Waals surface area contributed by atoms with Gasteiger partial charge in [-0.2, -0.15) is 0 Å². The van der Waals surface area contributed by atoms with Crippen molar-refractivity contribution in [3.63, 3.8) is 0 Å². The van der Waals surface area contributed by atoms with Crippen LogP contribution in [0.1, 0.15) is 31.7 Å². The molecule has 5 heteroatoms. The molecule has 5 nitrogen and oxygen atoms in total. The summed E-state index contributed by atoms with van der Waals surface area (Å²) in [7, 11) is 0.